The third kappa shape index (κ3) is 6.73. The molecule has 1 aromatic heterocycles. The summed E-state index contributed by atoms with van der Waals surface area (Å²) in [5.41, 5.74) is 6.50. The fourth-order valence-electron chi connectivity index (χ4n) is 4.51. The number of nitrogens with zero attached hydrogens (tertiary/aromatic N) is 2. The monoisotopic (exact) mass is 531 g/mol. The Bertz CT molecular complexity index is 1340. The van der Waals surface area contributed by atoms with Gasteiger partial charge in [-0.15, -0.1) is 0 Å². The van der Waals surface area contributed by atoms with Crippen molar-refractivity contribution in [3.05, 3.63) is 59.5 Å². The van der Waals surface area contributed by atoms with Gasteiger partial charge in [0, 0.05) is 36.4 Å². The van der Waals surface area contributed by atoms with E-state index in [4.69, 9.17) is 20.2 Å². The summed E-state index contributed by atoms with van der Waals surface area (Å²) in [6, 6.07) is 17.0. The van der Waals surface area contributed by atoms with Crippen LogP contribution in [-0.2, 0) is 9.53 Å². The van der Waals surface area contributed by atoms with Gasteiger partial charge >= 0.3 is 5.97 Å². The molecule has 38 heavy (non-hydrogen) atoms. The smallest absolute Gasteiger partial charge is 0.384 e. The summed E-state index contributed by atoms with van der Waals surface area (Å²) < 4.78 is 11.2. The lowest BCUT2D eigenvalue weighted by atomic mass is 9.74. The number of rotatable bonds is 8. The second-order valence-electron chi connectivity index (χ2n) is 10.6. The molecule has 0 spiro atoms. The van der Waals surface area contributed by atoms with Crippen molar-refractivity contribution in [1.29, 1.82) is 0 Å². The first-order valence-electron chi connectivity index (χ1n) is 12.7. The number of anilines is 1. The van der Waals surface area contributed by atoms with Crippen LogP contribution in [0, 0.1) is 17.3 Å². The highest BCUT2D eigenvalue weighted by molar-refractivity contribution is 7.18. The van der Waals surface area contributed by atoms with E-state index < -0.39 is 17.5 Å². The lowest BCUT2D eigenvalue weighted by molar-refractivity contribution is -0.147. The Morgan fingerprint density at radius 1 is 1.08 bits per heavy atom. The Balaban J connectivity index is 1.47. The molecule has 0 bridgehead atoms. The molecule has 1 fully saturated rings. The van der Waals surface area contributed by atoms with E-state index in [1.165, 1.54) is 11.3 Å². The number of primary amides is 1. The van der Waals surface area contributed by atoms with Crippen molar-refractivity contribution in [1.82, 2.24) is 4.98 Å². The van der Waals surface area contributed by atoms with Gasteiger partial charge in [0.15, 0.2) is 5.13 Å². The quantitative estimate of drug-likeness (QED) is 0.216. The van der Waals surface area contributed by atoms with Crippen molar-refractivity contribution < 1.29 is 19.1 Å². The minimum atomic E-state index is -0.559. The Morgan fingerprint density at radius 3 is 2.34 bits per heavy atom. The molecule has 0 aliphatic carbocycles. The molecular weight excluding hydrogens is 498 g/mol. The minimum Gasteiger partial charge on any atom is -0.457 e. The number of carbonyl (C=O) groups excluding carboxylic acids is 2. The van der Waals surface area contributed by atoms with Gasteiger partial charge in [-0.05, 0) is 63.6 Å². The first-order chi connectivity index (χ1) is 18.1. The zero-order valence-electron chi connectivity index (χ0n) is 22.2. The van der Waals surface area contributed by atoms with Crippen molar-refractivity contribution in [2.45, 2.75) is 52.6 Å². The highest BCUT2D eigenvalue weighted by atomic mass is 32.1. The van der Waals surface area contributed by atoms with E-state index in [0.29, 0.717) is 22.7 Å². The van der Waals surface area contributed by atoms with Crippen LogP contribution in [0.5, 0.6) is 11.5 Å². The minimum absolute atomic E-state index is 0.0289. The third-order valence-corrected chi connectivity index (χ3v) is 7.23. The number of benzene rings is 2. The first-order valence-corrected chi connectivity index (χ1v) is 13.5. The van der Waals surface area contributed by atoms with Crippen LogP contribution in [0.1, 0.15) is 56.6 Å². The van der Waals surface area contributed by atoms with E-state index in [-0.39, 0.29) is 5.41 Å². The number of hydrogen-bond acceptors (Lipinski definition) is 7. The first kappa shape index (κ1) is 27.2. The van der Waals surface area contributed by atoms with Crippen LogP contribution in [0.2, 0.25) is 0 Å². The van der Waals surface area contributed by atoms with Crippen LogP contribution >= 0.6 is 11.3 Å². The molecule has 198 valence electrons. The lowest BCUT2D eigenvalue weighted by Gasteiger charge is -2.49. The molecule has 1 aliphatic rings. The van der Waals surface area contributed by atoms with Gasteiger partial charge in [-0.2, -0.15) is 0 Å². The van der Waals surface area contributed by atoms with Gasteiger partial charge in [0.05, 0.1) is 5.69 Å². The van der Waals surface area contributed by atoms with Gasteiger partial charge < -0.3 is 20.1 Å². The highest BCUT2D eigenvalue weighted by Crippen LogP contribution is 2.44. The Morgan fingerprint density at radius 2 is 1.74 bits per heavy atom. The predicted octanol–water partition coefficient (Wildman–Crippen LogP) is 6.04. The number of amides is 1. The number of carbonyl (C=O) groups is 2. The van der Waals surface area contributed by atoms with Crippen LogP contribution in [0.4, 0.5) is 5.13 Å². The highest BCUT2D eigenvalue weighted by Gasteiger charge is 2.43. The Kier molecular flexibility index (Phi) is 8.08. The SMILES string of the molecule is CCCC1(CC#CC(=O)OC(C)(C)C)CN(c2nc(-c3ccc(Oc4ccccc4)cc3)c(C(N)=O)s2)C1. The van der Waals surface area contributed by atoms with E-state index >= 15 is 0 Å². The fourth-order valence-corrected chi connectivity index (χ4v) is 5.45. The summed E-state index contributed by atoms with van der Waals surface area (Å²) in [5, 5.41) is 0.755. The van der Waals surface area contributed by atoms with Gasteiger partial charge in [-0.1, -0.05) is 48.8 Å². The second kappa shape index (κ2) is 11.3. The summed E-state index contributed by atoms with van der Waals surface area (Å²) in [6.07, 6.45) is 2.59. The van der Waals surface area contributed by atoms with Crippen molar-refractivity contribution in [2.75, 3.05) is 18.0 Å². The average Bonchev–Trinajstić information content (AvgIpc) is 3.27. The molecule has 2 heterocycles. The lowest BCUT2D eigenvalue weighted by Crippen LogP contribution is -2.56. The number of nitrogens with two attached hydrogens (primary N) is 1. The van der Waals surface area contributed by atoms with Gasteiger partial charge in [0.1, 0.15) is 22.0 Å². The molecule has 2 N–H and O–H groups in total. The van der Waals surface area contributed by atoms with Gasteiger partial charge in [-0.25, -0.2) is 9.78 Å². The zero-order valence-corrected chi connectivity index (χ0v) is 23.1. The van der Waals surface area contributed by atoms with Crippen LogP contribution < -0.4 is 15.4 Å². The summed E-state index contributed by atoms with van der Waals surface area (Å²) in [6.45, 7) is 9.11. The van der Waals surface area contributed by atoms with Gasteiger partial charge in [0.2, 0.25) is 0 Å². The third-order valence-electron chi connectivity index (χ3n) is 6.10. The van der Waals surface area contributed by atoms with E-state index in [0.717, 1.165) is 42.4 Å². The Labute approximate surface area is 228 Å². The van der Waals surface area contributed by atoms with Crippen LogP contribution in [0.3, 0.4) is 0 Å². The largest absolute Gasteiger partial charge is 0.457 e. The molecule has 2 aromatic carbocycles. The summed E-state index contributed by atoms with van der Waals surface area (Å²) in [4.78, 5) is 31.6. The molecule has 0 unspecified atom stereocenters. The molecule has 1 saturated heterocycles. The van der Waals surface area contributed by atoms with Crippen LogP contribution in [0.25, 0.3) is 11.3 Å². The van der Waals surface area contributed by atoms with Crippen LogP contribution in [-0.4, -0.2) is 35.6 Å². The van der Waals surface area contributed by atoms with Crippen molar-refractivity contribution in [3.8, 4) is 34.6 Å². The Hall–Kier alpha value is -3.83. The predicted molar refractivity (Wildman–Crippen MR) is 150 cm³/mol. The van der Waals surface area contributed by atoms with E-state index in [1.807, 2.05) is 75.4 Å². The average molecular weight is 532 g/mol. The maximum Gasteiger partial charge on any atom is 0.384 e. The normalized spacial score (nSPS) is 14.2. The molecule has 4 rings (SSSR count). The van der Waals surface area contributed by atoms with Gasteiger partial charge in [0.25, 0.3) is 5.91 Å². The molecule has 0 atom stereocenters. The summed E-state index contributed by atoms with van der Waals surface area (Å²) in [7, 11) is 0. The number of hydrogen-bond donors (Lipinski definition) is 1. The topological polar surface area (TPSA) is 94.8 Å². The van der Waals surface area contributed by atoms with Crippen molar-refractivity contribution >= 4 is 28.3 Å². The van der Waals surface area contributed by atoms with E-state index in [1.54, 1.807) is 0 Å². The van der Waals surface area contributed by atoms with Crippen molar-refractivity contribution in [2.24, 2.45) is 11.1 Å². The molecule has 3 aromatic rings. The number of esters is 1. The standard InChI is InChI=1S/C30H33N3O4S/c1-5-17-30(18-9-12-24(34)37-29(2,3)4)19-33(20-30)28-32-25(26(38-28)27(31)35)21-13-15-23(16-14-21)36-22-10-7-6-8-11-22/h6-8,10-11,13-16H,5,17-20H2,1-4H3,(H2,31,35). The maximum atomic E-state index is 12.3. The number of thiazole rings is 1. The zero-order chi connectivity index (χ0) is 27.3. The van der Waals surface area contributed by atoms with E-state index in [9.17, 15) is 9.59 Å². The maximum absolute atomic E-state index is 12.3. The molecule has 7 nitrogen and oxygen atoms in total. The molecule has 1 amide bonds. The van der Waals surface area contributed by atoms with E-state index in [2.05, 4.69) is 23.7 Å². The molecular formula is C30H33N3O4S. The van der Waals surface area contributed by atoms with Crippen molar-refractivity contribution in [3.63, 3.8) is 0 Å². The second-order valence-corrected chi connectivity index (χ2v) is 11.5. The molecule has 0 radical (unpaired) electrons. The fraction of sp³-hybridized carbons (Fsp3) is 0.367. The summed E-state index contributed by atoms with van der Waals surface area (Å²) >= 11 is 1.31. The summed E-state index contributed by atoms with van der Waals surface area (Å²) in [5.74, 6) is 6.10. The van der Waals surface area contributed by atoms with Crippen LogP contribution in [0.15, 0.2) is 54.6 Å². The number of para-hydroxylation sites is 1. The molecule has 0 saturated carbocycles. The van der Waals surface area contributed by atoms with Gasteiger partial charge in [-0.3, -0.25) is 4.79 Å². The number of ether oxygens (including phenoxy) is 2. The molecule has 1 aliphatic heterocycles. The molecule has 8 heteroatoms. The number of aromatic nitrogens is 1.